The van der Waals surface area contributed by atoms with Crippen LogP contribution in [0, 0.1) is 19.3 Å². The Bertz CT molecular complexity index is 449. The van der Waals surface area contributed by atoms with Crippen molar-refractivity contribution in [1.82, 2.24) is 0 Å². The van der Waals surface area contributed by atoms with Gasteiger partial charge in [0.25, 0.3) is 0 Å². The molecule has 0 radical (unpaired) electrons. The number of nitrogens with two attached hydrogens (primary N) is 1. The fraction of sp³-hybridized carbons (Fsp3) is 0.500. The van der Waals surface area contributed by atoms with E-state index in [0.29, 0.717) is 25.3 Å². The minimum Gasteiger partial charge on any atom is -0.496 e. The van der Waals surface area contributed by atoms with E-state index in [1.165, 1.54) is 0 Å². The van der Waals surface area contributed by atoms with Gasteiger partial charge in [0.2, 0.25) is 0 Å². The Balaban J connectivity index is 2.37. The van der Waals surface area contributed by atoms with Crippen molar-refractivity contribution in [1.29, 1.82) is 0 Å². The summed E-state index contributed by atoms with van der Waals surface area (Å²) in [5, 5.41) is 0. The standard InChI is InChI=1S/C14H19NO3/c1-9-4-11(5-10(2)12(9)17-3)13(16)14(6-15)7-18-8-14/h4-5H,6-8,15H2,1-3H3. The Morgan fingerprint density at radius 3 is 2.28 bits per heavy atom. The highest BCUT2D eigenvalue weighted by Crippen LogP contribution is 2.33. The highest BCUT2D eigenvalue weighted by atomic mass is 16.5. The predicted molar refractivity (Wildman–Crippen MR) is 69.1 cm³/mol. The van der Waals surface area contributed by atoms with Crippen molar-refractivity contribution in [3.05, 3.63) is 28.8 Å². The molecule has 18 heavy (non-hydrogen) atoms. The van der Waals surface area contributed by atoms with Gasteiger partial charge < -0.3 is 15.2 Å². The summed E-state index contributed by atoms with van der Waals surface area (Å²) in [5.74, 6) is 0.906. The van der Waals surface area contributed by atoms with Crippen LogP contribution in [0.3, 0.4) is 0 Å². The average Bonchev–Trinajstić information content (AvgIpc) is 2.27. The van der Waals surface area contributed by atoms with E-state index in [1.807, 2.05) is 26.0 Å². The van der Waals surface area contributed by atoms with Crippen LogP contribution in [0.5, 0.6) is 5.75 Å². The summed E-state index contributed by atoms with van der Waals surface area (Å²) >= 11 is 0. The fourth-order valence-corrected chi connectivity index (χ4v) is 2.40. The summed E-state index contributed by atoms with van der Waals surface area (Å²) < 4.78 is 10.5. The number of hydrogen-bond acceptors (Lipinski definition) is 4. The molecule has 1 aliphatic rings. The quantitative estimate of drug-likeness (QED) is 0.821. The zero-order chi connectivity index (χ0) is 13.3. The van der Waals surface area contributed by atoms with Gasteiger partial charge in [-0.3, -0.25) is 4.79 Å². The lowest BCUT2D eigenvalue weighted by Crippen LogP contribution is -2.54. The van der Waals surface area contributed by atoms with Crippen molar-refractivity contribution in [3.8, 4) is 5.75 Å². The van der Waals surface area contributed by atoms with E-state index in [9.17, 15) is 4.79 Å². The molecule has 1 heterocycles. The summed E-state index contributed by atoms with van der Waals surface area (Å²) in [6.07, 6.45) is 0. The number of methoxy groups -OCH3 is 1. The molecule has 1 fully saturated rings. The van der Waals surface area contributed by atoms with Gasteiger partial charge in [-0.15, -0.1) is 0 Å². The second-order valence-corrected chi connectivity index (χ2v) is 4.95. The van der Waals surface area contributed by atoms with Gasteiger partial charge in [0, 0.05) is 12.1 Å². The van der Waals surface area contributed by atoms with Crippen molar-refractivity contribution in [2.45, 2.75) is 13.8 Å². The van der Waals surface area contributed by atoms with Crippen molar-refractivity contribution in [2.24, 2.45) is 11.1 Å². The maximum Gasteiger partial charge on any atom is 0.174 e. The van der Waals surface area contributed by atoms with Gasteiger partial charge in [0.15, 0.2) is 5.78 Å². The van der Waals surface area contributed by atoms with E-state index in [2.05, 4.69) is 0 Å². The molecule has 0 bridgehead atoms. The molecule has 4 nitrogen and oxygen atoms in total. The van der Waals surface area contributed by atoms with Crippen LogP contribution >= 0.6 is 0 Å². The summed E-state index contributed by atoms with van der Waals surface area (Å²) in [5.41, 5.74) is 7.82. The van der Waals surface area contributed by atoms with Gasteiger partial charge in [-0.1, -0.05) is 0 Å². The van der Waals surface area contributed by atoms with Crippen LogP contribution in [-0.2, 0) is 4.74 Å². The Labute approximate surface area is 107 Å². The van der Waals surface area contributed by atoms with E-state index >= 15 is 0 Å². The number of ether oxygens (including phenoxy) is 2. The molecular weight excluding hydrogens is 230 g/mol. The molecule has 1 saturated heterocycles. The number of carbonyl (C=O) groups is 1. The molecule has 2 rings (SSSR count). The minimum atomic E-state index is -0.520. The molecule has 0 atom stereocenters. The molecule has 98 valence electrons. The number of Topliss-reactive ketones (excluding diaryl/α,β-unsaturated/α-hetero) is 1. The maximum atomic E-state index is 12.5. The van der Waals surface area contributed by atoms with Gasteiger partial charge in [-0.05, 0) is 37.1 Å². The first-order chi connectivity index (χ1) is 8.54. The van der Waals surface area contributed by atoms with Gasteiger partial charge in [0.1, 0.15) is 5.75 Å². The monoisotopic (exact) mass is 249 g/mol. The third-order valence-corrected chi connectivity index (χ3v) is 3.56. The third-order valence-electron chi connectivity index (χ3n) is 3.56. The second kappa shape index (κ2) is 4.71. The van der Waals surface area contributed by atoms with Gasteiger partial charge in [-0.25, -0.2) is 0 Å². The van der Waals surface area contributed by atoms with Crippen molar-refractivity contribution in [3.63, 3.8) is 0 Å². The summed E-state index contributed by atoms with van der Waals surface area (Å²) in [6, 6.07) is 3.73. The number of rotatable bonds is 4. The minimum absolute atomic E-state index is 0.0742. The highest BCUT2D eigenvalue weighted by molar-refractivity contribution is 6.02. The maximum absolute atomic E-state index is 12.5. The Hall–Kier alpha value is -1.39. The molecule has 0 aliphatic carbocycles. The molecule has 1 aromatic rings. The Morgan fingerprint density at radius 1 is 1.39 bits per heavy atom. The lowest BCUT2D eigenvalue weighted by Gasteiger charge is -2.39. The Kier molecular flexibility index (Phi) is 3.41. The lowest BCUT2D eigenvalue weighted by molar-refractivity contribution is -0.0816. The summed E-state index contributed by atoms with van der Waals surface area (Å²) in [7, 11) is 1.64. The van der Waals surface area contributed by atoms with E-state index in [1.54, 1.807) is 7.11 Å². The van der Waals surface area contributed by atoms with Gasteiger partial charge >= 0.3 is 0 Å². The summed E-state index contributed by atoms with van der Waals surface area (Å²) in [4.78, 5) is 12.5. The number of aryl methyl sites for hydroxylation is 2. The van der Waals surface area contributed by atoms with E-state index in [4.69, 9.17) is 15.2 Å². The first-order valence-electron chi connectivity index (χ1n) is 6.02. The first kappa shape index (κ1) is 13.1. The molecule has 0 saturated carbocycles. The van der Waals surface area contributed by atoms with Crippen LogP contribution in [-0.4, -0.2) is 32.7 Å². The lowest BCUT2D eigenvalue weighted by atomic mass is 9.78. The molecule has 0 unspecified atom stereocenters. The zero-order valence-corrected chi connectivity index (χ0v) is 11.1. The second-order valence-electron chi connectivity index (χ2n) is 4.95. The fourth-order valence-electron chi connectivity index (χ4n) is 2.40. The molecule has 0 spiro atoms. The van der Waals surface area contributed by atoms with Crippen LogP contribution in [0.25, 0.3) is 0 Å². The SMILES string of the molecule is COc1c(C)cc(C(=O)C2(CN)COC2)cc1C. The summed E-state index contributed by atoms with van der Waals surface area (Å²) in [6.45, 7) is 5.05. The number of carbonyl (C=O) groups excluding carboxylic acids is 1. The smallest absolute Gasteiger partial charge is 0.174 e. The van der Waals surface area contributed by atoms with Crippen LogP contribution in [0.2, 0.25) is 0 Å². The van der Waals surface area contributed by atoms with Gasteiger partial charge in [-0.2, -0.15) is 0 Å². The van der Waals surface area contributed by atoms with Crippen molar-refractivity contribution >= 4 is 5.78 Å². The first-order valence-corrected chi connectivity index (χ1v) is 6.02. The van der Waals surface area contributed by atoms with E-state index < -0.39 is 5.41 Å². The van der Waals surface area contributed by atoms with Crippen LogP contribution in [0.4, 0.5) is 0 Å². The van der Waals surface area contributed by atoms with E-state index in [0.717, 1.165) is 16.9 Å². The molecule has 4 heteroatoms. The topological polar surface area (TPSA) is 61.5 Å². The normalized spacial score (nSPS) is 17.1. The molecule has 0 amide bonds. The third kappa shape index (κ3) is 1.91. The Morgan fingerprint density at radius 2 is 1.94 bits per heavy atom. The zero-order valence-electron chi connectivity index (χ0n) is 11.1. The molecular formula is C14H19NO3. The van der Waals surface area contributed by atoms with E-state index in [-0.39, 0.29) is 5.78 Å². The number of hydrogen-bond donors (Lipinski definition) is 1. The van der Waals surface area contributed by atoms with Gasteiger partial charge in [0.05, 0.1) is 25.7 Å². The van der Waals surface area contributed by atoms with Crippen LogP contribution in [0.15, 0.2) is 12.1 Å². The number of benzene rings is 1. The van der Waals surface area contributed by atoms with Crippen LogP contribution < -0.4 is 10.5 Å². The number of ketones is 1. The molecule has 1 aromatic carbocycles. The molecule has 2 N–H and O–H groups in total. The largest absolute Gasteiger partial charge is 0.496 e. The van der Waals surface area contributed by atoms with Crippen molar-refractivity contribution in [2.75, 3.05) is 26.9 Å². The van der Waals surface area contributed by atoms with Crippen LogP contribution in [0.1, 0.15) is 21.5 Å². The highest BCUT2D eigenvalue weighted by Gasteiger charge is 2.44. The average molecular weight is 249 g/mol. The molecule has 1 aliphatic heterocycles. The predicted octanol–water partition coefficient (Wildman–Crippen LogP) is 1.47. The molecule has 0 aromatic heterocycles. The van der Waals surface area contributed by atoms with Crippen molar-refractivity contribution < 1.29 is 14.3 Å².